The fourth-order valence-electron chi connectivity index (χ4n) is 2.73. The molecule has 1 aliphatic carbocycles. The van der Waals surface area contributed by atoms with E-state index >= 15 is 0 Å². The summed E-state index contributed by atoms with van der Waals surface area (Å²) in [5, 5.41) is 3.68. The summed E-state index contributed by atoms with van der Waals surface area (Å²) in [6.07, 6.45) is 7.28. The minimum absolute atomic E-state index is 0.129. The molecule has 3 rings (SSSR count). The Kier molecular flexibility index (Phi) is 3.48. The lowest BCUT2D eigenvalue weighted by Gasteiger charge is -2.39. The molecule has 19 heavy (non-hydrogen) atoms. The van der Waals surface area contributed by atoms with Gasteiger partial charge in [0.1, 0.15) is 0 Å². The molecule has 2 heterocycles. The Morgan fingerprint density at radius 2 is 1.79 bits per heavy atom. The quantitative estimate of drug-likeness (QED) is 0.923. The molecule has 1 aliphatic heterocycles. The molecular weight excluding hydrogens is 262 g/mol. The number of nitrogens with one attached hydrogen (secondary N) is 1. The summed E-state index contributed by atoms with van der Waals surface area (Å²) in [5.74, 6) is 1.33. The molecule has 0 unspecified atom stereocenters. The summed E-state index contributed by atoms with van der Waals surface area (Å²) in [7, 11) is 0. The predicted octanol–water partition coefficient (Wildman–Crippen LogP) is 2.87. The first-order chi connectivity index (χ1) is 9.15. The fraction of sp³-hybridized carbons (Fsp3) is 0.769. The van der Waals surface area contributed by atoms with Gasteiger partial charge in [0.25, 0.3) is 0 Å². The molecule has 1 N–H and O–H groups in total. The first-order valence-electron chi connectivity index (χ1n) is 7.09. The third-order valence-corrected chi connectivity index (χ3v) is 4.27. The van der Waals surface area contributed by atoms with E-state index in [1.807, 2.05) is 0 Å². The van der Waals surface area contributed by atoms with Gasteiger partial charge in [-0.05, 0) is 57.0 Å². The molecule has 5 nitrogen and oxygen atoms in total. The van der Waals surface area contributed by atoms with Gasteiger partial charge >= 0.3 is 0 Å². The van der Waals surface area contributed by atoms with Crippen molar-refractivity contribution in [3.63, 3.8) is 0 Å². The van der Waals surface area contributed by atoms with Gasteiger partial charge in [0.05, 0.1) is 0 Å². The summed E-state index contributed by atoms with van der Waals surface area (Å²) in [4.78, 5) is 15.2. The van der Waals surface area contributed by atoms with Gasteiger partial charge in [-0.25, -0.2) is 0 Å². The van der Waals surface area contributed by atoms with Crippen LogP contribution in [0.5, 0.6) is 0 Å². The molecule has 0 atom stereocenters. The Labute approximate surface area is 118 Å². The number of halogens is 1. The van der Waals surface area contributed by atoms with Crippen molar-refractivity contribution < 1.29 is 0 Å². The second-order valence-electron chi connectivity index (χ2n) is 5.81. The first kappa shape index (κ1) is 12.9. The van der Waals surface area contributed by atoms with Crippen molar-refractivity contribution in [1.82, 2.24) is 15.0 Å². The molecule has 0 radical (unpaired) electrons. The highest BCUT2D eigenvalue weighted by Gasteiger charge is 2.32. The second-order valence-corrected chi connectivity index (χ2v) is 6.15. The Balaban J connectivity index is 1.78. The van der Waals surface area contributed by atoms with E-state index in [-0.39, 0.29) is 10.8 Å². The van der Waals surface area contributed by atoms with E-state index in [1.165, 1.54) is 25.7 Å². The maximum absolute atomic E-state index is 6.03. The maximum Gasteiger partial charge on any atom is 0.231 e. The van der Waals surface area contributed by atoms with Crippen LogP contribution in [0, 0.1) is 0 Å². The largest absolute Gasteiger partial charge is 0.349 e. The molecule has 6 heteroatoms. The molecular formula is C13H20ClN5. The molecule has 1 aromatic rings. The van der Waals surface area contributed by atoms with E-state index in [9.17, 15) is 0 Å². The van der Waals surface area contributed by atoms with Gasteiger partial charge in [0, 0.05) is 18.6 Å². The van der Waals surface area contributed by atoms with Gasteiger partial charge in [-0.15, -0.1) is 0 Å². The highest BCUT2D eigenvalue weighted by Crippen LogP contribution is 2.34. The lowest BCUT2D eigenvalue weighted by atomic mass is 9.79. The summed E-state index contributed by atoms with van der Waals surface area (Å²) < 4.78 is 0. The number of anilines is 2. The summed E-state index contributed by atoms with van der Waals surface area (Å²) in [5.41, 5.74) is 0.129. The van der Waals surface area contributed by atoms with Crippen LogP contribution < -0.4 is 10.2 Å². The van der Waals surface area contributed by atoms with Crippen LogP contribution in [0.2, 0.25) is 5.28 Å². The van der Waals surface area contributed by atoms with E-state index in [4.69, 9.17) is 11.6 Å². The maximum atomic E-state index is 6.03. The molecule has 2 aliphatic rings. The van der Waals surface area contributed by atoms with Crippen LogP contribution in [0.25, 0.3) is 0 Å². The Morgan fingerprint density at radius 1 is 1.05 bits per heavy atom. The smallest absolute Gasteiger partial charge is 0.231 e. The first-order valence-corrected chi connectivity index (χ1v) is 7.47. The van der Waals surface area contributed by atoms with Crippen molar-refractivity contribution in [2.45, 2.75) is 51.0 Å². The van der Waals surface area contributed by atoms with Gasteiger partial charge in [-0.1, -0.05) is 0 Å². The molecule has 1 saturated carbocycles. The summed E-state index contributed by atoms with van der Waals surface area (Å²) in [6.45, 7) is 4.23. The number of piperidine rings is 1. The topological polar surface area (TPSA) is 53.9 Å². The molecule has 104 valence electrons. The summed E-state index contributed by atoms with van der Waals surface area (Å²) in [6, 6.07) is 0. The van der Waals surface area contributed by atoms with E-state index < -0.39 is 0 Å². The average Bonchev–Trinajstić information content (AvgIpc) is 2.37. The molecule has 0 amide bonds. The zero-order valence-electron chi connectivity index (χ0n) is 11.3. The fourth-order valence-corrected chi connectivity index (χ4v) is 2.89. The zero-order chi connectivity index (χ0) is 13.3. The SMILES string of the molecule is CC1(Nc2nc(Cl)nc(N3CCCCC3)n2)CCC1. The van der Waals surface area contributed by atoms with E-state index in [0.717, 1.165) is 25.9 Å². The van der Waals surface area contributed by atoms with Crippen molar-refractivity contribution >= 4 is 23.5 Å². The Morgan fingerprint density at radius 3 is 2.42 bits per heavy atom. The van der Waals surface area contributed by atoms with E-state index in [0.29, 0.717) is 11.9 Å². The normalized spacial score (nSPS) is 21.9. The van der Waals surface area contributed by atoms with Gasteiger partial charge in [-0.3, -0.25) is 0 Å². The van der Waals surface area contributed by atoms with Crippen molar-refractivity contribution in [3.05, 3.63) is 5.28 Å². The number of hydrogen-bond donors (Lipinski definition) is 1. The molecule has 0 bridgehead atoms. The number of aromatic nitrogens is 3. The van der Waals surface area contributed by atoms with Gasteiger partial charge < -0.3 is 10.2 Å². The van der Waals surface area contributed by atoms with Crippen LogP contribution in [-0.4, -0.2) is 33.6 Å². The van der Waals surface area contributed by atoms with Crippen LogP contribution in [0.4, 0.5) is 11.9 Å². The molecule has 1 saturated heterocycles. The third kappa shape index (κ3) is 2.91. The molecule has 2 fully saturated rings. The van der Waals surface area contributed by atoms with Crippen molar-refractivity contribution in [1.29, 1.82) is 0 Å². The number of rotatable bonds is 3. The molecule has 1 aromatic heterocycles. The molecule has 0 aromatic carbocycles. The summed E-state index contributed by atoms with van der Waals surface area (Å²) >= 11 is 6.03. The second kappa shape index (κ2) is 5.12. The average molecular weight is 282 g/mol. The highest BCUT2D eigenvalue weighted by molar-refractivity contribution is 6.28. The highest BCUT2D eigenvalue weighted by atomic mass is 35.5. The van der Waals surface area contributed by atoms with Crippen LogP contribution in [-0.2, 0) is 0 Å². The Bertz CT molecular complexity index is 454. The van der Waals surface area contributed by atoms with Crippen LogP contribution >= 0.6 is 11.6 Å². The molecule has 0 spiro atoms. The third-order valence-electron chi connectivity index (χ3n) is 4.11. The van der Waals surface area contributed by atoms with Crippen molar-refractivity contribution in [2.75, 3.05) is 23.3 Å². The van der Waals surface area contributed by atoms with E-state index in [2.05, 4.69) is 32.1 Å². The van der Waals surface area contributed by atoms with Crippen LogP contribution in [0.1, 0.15) is 45.4 Å². The number of nitrogens with zero attached hydrogens (tertiary/aromatic N) is 4. The van der Waals surface area contributed by atoms with Gasteiger partial charge in [0.15, 0.2) is 0 Å². The van der Waals surface area contributed by atoms with Gasteiger partial charge in [0.2, 0.25) is 17.2 Å². The van der Waals surface area contributed by atoms with Crippen LogP contribution in [0.3, 0.4) is 0 Å². The number of hydrogen-bond acceptors (Lipinski definition) is 5. The van der Waals surface area contributed by atoms with Crippen molar-refractivity contribution in [2.24, 2.45) is 0 Å². The zero-order valence-corrected chi connectivity index (χ0v) is 12.1. The lowest BCUT2D eigenvalue weighted by molar-refractivity contribution is 0.304. The van der Waals surface area contributed by atoms with Gasteiger partial charge in [-0.2, -0.15) is 15.0 Å². The van der Waals surface area contributed by atoms with Crippen LogP contribution in [0.15, 0.2) is 0 Å². The lowest BCUT2D eigenvalue weighted by Crippen LogP contribution is -2.42. The minimum atomic E-state index is 0.129. The van der Waals surface area contributed by atoms with Crippen molar-refractivity contribution in [3.8, 4) is 0 Å². The predicted molar refractivity (Wildman–Crippen MR) is 76.8 cm³/mol. The van der Waals surface area contributed by atoms with E-state index in [1.54, 1.807) is 0 Å². The standard InChI is InChI=1S/C13H20ClN5/c1-13(6-5-7-13)18-11-15-10(14)16-12(17-11)19-8-3-2-4-9-19/h2-9H2,1H3,(H,15,16,17,18). The Hall–Kier alpha value is -1.10. The monoisotopic (exact) mass is 281 g/mol. The minimum Gasteiger partial charge on any atom is -0.349 e.